The normalized spacial score (nSPS) is 13.4. The lowest BCUT2D eigenvalue weighted by Crippen LogP contribution is -2.37. The molecule has 0 radical (unpaired) electrons. The van der Waals surface area contributed by atoms with E-state index < -0.39 is 28.4 Å². The molecule has 0 spiro atoms. The highest BCUT2D eigenvalue weighted by molar-refractivity contribution is 9.10. The molecule has 0 unspecified atom stereocenters. The van der Waals surface area contributed by atoms with Crippen molar-refractivity contribution in [2.75, 3.05) is 29.0 Å². The number of halogens is 1. The molecule has 10 heteroatoms. The van der Waals surface area contributed by atoms with Crippen LogP contribution in [0.2, 0.25) is 0 Å². The van der Waals surface area contributed by atoms with Gasteiger partial charge in [0.25, 0.3) is 0 Å². The molecule has 1 N–H and O–H groups in total. The average molecular weight is 515 g/mol. The summed E-state index contributed by atoms with van der Waals surface area (Å²) in [4.78, 5) is 26.4. The number of sulfonamides is 1. The van der Waals surface area contributed by atoms with E-state index in [1.807, 2.05) is 0 Å². The number of carbonyl (C=O) groups is 2. The standard InChI is InChI=1S/C20H23BrN2O5S2/c1-3-28-20(25)18-15-9-4-5-10-16(15)29-19(18)22-17(24)12-23(30(2,26)27)14-8-6-7-13(21)11-14/h6-8,11H,3-5,9-10,12H2,1-2H3,(H,22,24). The lowest BCUT2D eigenvalue weighted by atomic mass is 9.95. The number of hydrogen-bond acceptors (Lipinski definition) is 6. The Labute approximate surface area is 188 Å². The van der Waals surface area contributed by atoms with Crippen LogP contribution >= 0.6 is 27.3 Å². The first-order valence-electron chi connectivity index (χ1n) is 9.55. The second-order valence-corrected chi connectivity index (χ2v) is 10.9. The highest BCUT2D eigenvalue weighted by atomic mass is 79.9. The smallest absolute Gasteiger partial charge is 0.341 e. The first kappa shape index (κ1) is 22.8. The van der Waals surface area contributed by atoms with Crippen LogP contribution in [0, 0.1) is 0 Å². The van der Waals surface area contributed by atoms with Crippen LogP contribution in [0.15, 0.2) is 28.7 Å². The molecular weight excluding hydrogens is 492 g/mol. The second kappa shape index (κ2) is 9.49. The second-order valence-electron chi connectivity index (χ2n) is 6.93. The lowest BCUT2D eigenvalue weighted by molar-refractivity contribution is -0.114. The molecule has 1 aliphatic rings. The minimum absolute atomic E-state index is 0.238. The van der Waals surface area contributed by atoms with Gasteiger partial charge in [-0.15, -0.1) is 11.3 Å². The van der Waals surface area contributed by atoms with Gasteiger partial charge in [0.15, 0.2) is 0 Å². The fourth-order valence-corrected chi connectivity index (χ4v) is 5.93. The Morgan fingerprint density at radius 1 is 1.27 bits per heavy atom. The SMILES string of the molecule is CCOC(=O)c1c(NC(=O)CN(c2cccc(Br)c2)S(C)(=O)=O)sc2c1CCCC2. The summed E-state index contributed by atoms with van der Waals surface area (Å²) < 4.78 is 31.5. The van der Waals surface area contributed by atoms with E-state index in [1.54, 1.807) is 31.2 Å². The first-order chi connectivity index (χ1) is 14.2. The van der Waals surface area contributed by atoms with E-state index in [0.717, 1.165) is 46.7 Å². The van der Waals surface area contributed by atoms with E-state index in [1.165, 1.54) is 11.3 Å². The van der Waals surface area contributed by atoms with E-state index in [-0.39, 0.29) is 6.61 Å². The van der Waals surface area contributed by atoms with Crippen molar-refractivity contribution in [2.45, 2.75) is 32.6 Å². The molecule has 0 aliphatic heterocycles. The Hall–Kier alpha value is -1.91. The molecule has 0 fully saturated rings. The Kier molecular flexibility index (Phi) is 7.20. The summed E-state index contributed by atoms with van der Waals surface area (Å²) >= 11 is 4.69. The predicted octanol–water partition coefficient (Wildman–Crippen LogP) is 3.97. The molecule has 30 heavy (non-hydrogen) atoms. The molecule has 1 aliphatic carbocycles. The highest BCUT2D eigenvalue weighted by Gasteiger charge is 2.28. The summed E-state index contributed by atoms with van der Waals surface area (Å²) in [7, 11) is -3.70. The van der Waals surface area contributed by atoms with Gasteiger partial charge in [0.05, 0.1) is 24.1 Å². The third kappa shape index (κ3) is 5.22. The molecule has 2 aromatic rings. The van der Waals surface area contributed by atoms with Gasteiger partial charge in [-0.3, -0.25) is 9.10 Å². The monoisotopic (exact) mass is 514 g/mol. The summed E-state index contributed by atoms with van der Waals surface area (Å²) in [5, 5.41) is 3.18. The number of anilines is 2. The van der Waals surface area contributed by atoms with Gasteiger partial charge in [-0.2, -0.15) is 0 Å². The molecule has 0 atom stereocenters. The average Bonchev–Trinajstić information content (AvgIpc) is 3.03. The highest BCUT2D eigenvalue weighted by Crippen LogP contribution is 2.38. The number of nitrogens with zero attached hydrogens (tertiary/aromatic N) is 1. The van der Waals surface area contributed by atoms with Crippen LogP contribution in [-0.2, 0) is 32.4 Å². The third-order valence-corrected chi connectivity index (χ3v) is 7.53. The fourth-order valence-electron chi connectivity index (χ4n) is 3.40. The van der Waals surface area contributed by atoms with Gasteiger partial charge in [0, 0.05) is 9.35 Å². The maximum absolute atomic E-state index is 12.8. The number of amides is 1. The molecule has 0 saturated carbocycles. The van der Waals surface area contributed by atoms with Gasteiger partial charge < -0.3 is 10.1 Å². The third-order valence-electron chi connectivity index (χ3n) is 4.69. The Morgan fingerprint density at radius 2 is 2.00 bits per heavy atom. The van der Waals surface area contributed by atoms with Crippen molar-refractivity contribution < 1.29 is 22.7 Å². The number of nitrogens with one attached hydrogen (secondary N) is 1. The number of benzene rings is 1. The van der Waals surface area contributed by atoms with E-state index >= 15 is 0 Å². The van der Waals surface area contributed by atoms with Crippen molar-refractivity contribution in [1.29, 1.82) is 0 Å². The summed E-state index contributed by atoms with van der Waals surface area (Å²) in [5.41, 5.74) is 1.71. The molecule has 162 valence electrons. The Balaban J connectivity index is 1.88. The van der Waals surface area contributed by atoms with Crippen LogP contribution in [0.5, 0.6) is 0 Å². The zero-order valence-electron chi connectivity index (χ0n) is 16.7. The number of hydrogen-bond donors (Lipinski definition) is 1. The minimum atomic E-state index is -3.70. The molecule has 1 aromatic heterocycles. The summed E-state index contributed by atoms with van der Waals surface area (Å²) in [5.74, 6) is -0.983. The molecular formula is C20H23BrN2O5S2. The maximum atomic E-state index is 12.8. The largest absolute Gasteiger partial charge is 0.462 e. The van der Waals surface area contributed by atoms with E-state index in [9.17, 15) is 18.0 Å². The van der Waals surface area contributed by atoms with Crippen molar-refractivity contribution in [3.05, 3.63) is 44.7 Å². The van der Waals surface area contributed by atoms with Crippen LogP contribution < -0.4 is 9.62 Å². The Morgan fingerprint density at radius 3 is 2.67 bits per heavy atom. The number of fused-ring (bicyclic) bond motifs is 1. The zero-order valence-corrected chi connectivity index (χ0v) is 20.0. The molecule has 1 aromatic carbocycles. The molecule has 0 bridgehead atoms. The van der Waals surface area contributed by atoms with Crippen LogP contribution in [0.4, 0.5) is 10.7 Å². The van der Waals surface area contributed by atoms with Crippen LogP contribution in [0.3, 0.4) is 0 Å². The van der Waals surface area contributed by atoms with Crippen molar-refractivity contribution >= 4 is 59.9 Å². The first-order valence-corrected chi connectivity index (χ1v) is 13.0. The summed E-state index contributed by atoms with van der Waals surface area (Å²) in [6.45, 7) is 1.57. The molecule has 1 heterocycles. The van der Waals surface area contributed by atoms with Crippen molar-refractivity contribution in [3.63, 3.8) is 0 Å². The van der Waals surface area contributed by atoms with Crippen LogP contribution in [-0.4, -0.2) is 39.7 Å². The zero-order chi connectivity index (χ0) is 21.9. The van der Waals surface area contributed by atoms with Crippen LogP contribution in [0.25, 0.3) is 0 Å². The van der Waals surface area contributed by atoms with Crippen molar-refractivity contribution in [2.24, 2.45) is 0 Å². The molecule has 7 nitrogen and oxygen atoms in total. The number of esters is 1. The van der Waals surface area contributed by atoms with Gasteiger partial charge in [-0.05, 0) is 56.4 Å². The maximum Gasteiger partial charge on any atom is 0.341 e. The van der Waals surface area contributed by atoms with Gasteiger partial charge >= 0.3 is 5.97 Å². The molecule has 0 saturated heterocycles. The number of aryl methyl sites for hydroxylation is 1. The van der Waals surface area contributed by atoms with Gasteiger partial charge in [0.2, 0.25) is 15.9 Å². The minimum Gasteiger partial charge on any atom is -0.462 e. The predicted molar refractivity (Wildman–Crippen MR) is 122 cm³/mol. The molecule has 1 amide bonds. The quantitative estimate of drug-likeness (QED) is 0.564. The number of carbonyl (C=O) groups excluding carboxylic acids is 2. The number of thiophene rings is 1. The van der Waals surface area contributed by atoms with Gasteiger partial charge in [-0.1, -0.05) is 22.0 Å². The van der Waals surface area contributed by atoms with Crippen molar-refractivity contribution in [3.8, 4) is 0 Å². The van der Waals surface area contributed by atoms with Gasteiger partial charge in [0.1, 0.15) is 11.5 Å². The van der Waals surface area contributed by atoms with Crippen molar-refractivity contribution in [1.82, 2.24) is 0 Å². The number of rotatable bonds is 7. The van der Waals surface area contributed by atoms with E-state index in [0.29, 0.717) is 20.7 Å². The molecule has 3 rings (SSSR count). The van der Waals surface area contributed by atoms with Gasteiger partial charge in [-0.25, -0.2) is 13.2 Å². The van der Waals surface area contributed by atoms with E-state index in [2.05, 4.69) is 21.2 Å². The lowest BCUT2D eigenvalue weighted by Gasteiger charge is -2.22. The topological polar surface area (TPSA) is 92.8 Å². The van der Waals surface area contributed by atoms with Crippen LogP contribution in [0.1, 0.15) is 40.6 Å². The fraction of sp³-hybridized carbons (Fsp3) is 0.400. The summed E-state index contributed by atoms with van der Waals surface area (Å²) in [6, 6.07) is 6.71. The van der Waals surface area contributed by atoms with E-state index in [4.69, 9.17) is 4.74 Å². The Bertz CT molecular complexity index is 1070. The summed E-state index contributed by atoms with van der Waals surface area (Å²) in [6.07, 6.45) is 4.69. The number of ether oxygens (including phenoxy) is 1.